The van der Waals surface area contributed by atoms with Crippen LogP contribution in [-0.2, 0) is 0 Å². The molecule has 1 saturated heterocycles. The molecule has 6 nitrogen and oxygen atoms in total. The summed E-state index contributed by atoms with van der Waals surface area (Å²) in [4.78, 5) is 19.1. The SMILES string of the molecule is CNc1ncc(C(=O)N2CCC(Oc3ccc(C#N)cc3)CC2)s1. The van der Waals surface area contributed by atoms with Crippen LogP contribution in [0.2, 0.25) is 0 Å². The van der Waals surface area contributed by atoms with Crippen molar-refractivity contribution in [3.05, 3.63) is 40.9 Å². The molecule has 1 aliphatic heterocycles. The minimum Gasteiger partial charge on any atom is -0.490 e. The summed E-state index contributed by atoms with van der Waals surface area (Å²) in [6, 6.07) is 9.21. The zero-order valence-corrected chi connectivity index (χ0v) is 14.2. The van der Waals surface area contributed by atoms with Gasteiger partial charge in [-0.15, -0.1) is 0 Å². The number of amides is 1. The Hall–Kier alpha value is -2.59. The van der Waals surface area contributed by atoms with Gasteiger partial charge in [0.25, 0.3) is 5.91 Å². The van der Waals surface area contributed by atoms with Crippen molar-refractivity contribution in [2.75, 3.05) is 25.5 Å². The van der Waals surface area contributed by atoms with Crippen LogP contribution < -0.4 is 10.1 Å². The summed E-state index contributed by atoms with van der Waals surface area (Å²) in [5, 5.41) is 12.5. The lowest BCUT2D eigenvalue weighted by molar-refractivity contribution is 0.0600. The number of nitrogens with one attached hydrogen (secondary N) is 1. The van der Waals surface area contributed by atoms with Gasteiger partial charge in [-0.3, -0.25) is 4.79 Å². The minimum atomic E-state index is 0.0332. The number of anilines is 1. The van der Waals surface area contributed by atoms with Gasteiger partial charge in [0.2, 0.25) is 0 Å². The molecular formula is C17H18N4O2S. The van der Waals surface area contributed by atoms with Crippen molar-refractivity contribution >= 4 is 22.4 Å². The molecule has 3 rings (SSSR count). The van der Waals surface area contributed by atoms with Gasteiger partial charge in [-0.1, -0.05) is 11.3 Å². The normalized spacial score (nSPS) is 14.9. The number of nitrogens with zero attached hydrogens (tertiary/aromatic N) is 3. The number of benzene rings is 1. The van der Waals surface area contributed by atoms with Gasteiger partial charge in [0.15, 0.2) is 5.13 Å². The number of piperidine rings is 1. The van der Waals surface area contributed by atoms with E-state index < -0.39 is 0 Å². The molecule has 0 bridgehead atoms. The lowest BCUT2D eigenvalue weighted by Crippen LogP contribution is -2.41. The van der Waals surface area contributed by atoms with Gasteiger partial charge in [-0.2, -0.15) is 5.26 Å². The van der Waals surface area contributed by atoms with Crippen LogP contribution in [0.3, 0.4) is 0 Å². The molecule has 1 fully saturated rings. The second-order valence-corrected chi connectivity index (χ2v) is 6.56. The van der Waals surface area contributed by atoms with Gasteiger partial charge in [0.1, 0.15) is 16.7 Å². The first-order chi connectivity index (χ1) is 11.7. The van der Waals surface area contributed by atoms with Crippen LogP contribution in [0.25, 0.3) is 0 Å². The Morgan fingerprint density at radius 2 is 2.08 bits per heavy atom. The van der Waals surface area contributed by atoms with E-state index in [2.05, 4.69) is 16.4 Å². The standard InChI is InChI=1S/C17H18N4O2S/c1-19-17-20-11-15(24-17)16(22)21-8-6-14(7-9-21)23-13-4-2-12(10-18)3-5-13/h2-5,11,14H,6-9H2,1H3,(H,19,20). The molecule has 0 spiro atoms. The monoisotopic (exact) mass is 342 g/mol. The van der Waals surface area contributed by atoms with Crippen molar-refractivity contribution in [1.29, 1.82) is 5.26 Å². The first-order valence-corrected chi connectivity index (χ1v) is 8.61. The lowest BCUT2D eigenvalue weighted by atomic mass is 10.1. The van der Waals surface area contributed by atoms with E-state index in [1.165, 1.54) is 11.3 Å². The molecule has 1 aromatic heterocycles. The summed E-state index contributed by atoms with van der Waals surface area (Å²) in [6.07, 6.45) is 3.31. The highest BCUT2D eigenvalue weighted by Gasteiger charge is 2.25. The molecule has 1 aliphatic rings. The Morgan fingerprint density at radius 3 is 2.67 bits per heavy atom. The Bertz CT molecular complexity index is 743. The van der Waals surface area contributed by atoms with Crippen LogP contribution in [0, 0.1) is 11.3 Å². The highest BCUT2D eigenvalue weighted by atomic mass is 32.1. The zero-order chi connectivity index (χ0) is 16.9. The molecule has 1 aromatic carbocycles. The maximum Gasteiger partial charge on any atom is 0.265 e. The van der Waals surface area contributed by atoms with E-state index in [-0.39, 0.29) is 12.0 Å². The molecule has 2 heterocycles. The van der Waals surface area contributed by atoms with Crippen molar-refractivity contribution in [2.24, 2.45) is 0 Å². The number of carbonyl (C=O) groups is 1. The number of aromatic nitrogens is 1. The number of rotatable bonds is 4. The van der Waals surface area contributed by atoms with E-state index in [0.717, 1.165) is 23.7 Å². The quantitative estimate of drug-likeness (QED) is 0.924. The lowest BCUT2D eigenvalue weighted by Gasteiger charge is -2.31. The van der Waals surface area contributed by atoms with Crippen molar-refractivity contribution in [2.45, 2.75) is 18.9 Å². The summed E-state index contributed by atoms with van der Waals surface area (Å²) in [7, 11) is 1.79. The van der Waals surface area contributed by atoms with Gasteiger partial charge in [-0.05, 0) is 24.3 Å². The number of thiazole rings is 1. The highest BCUT2D eigenvalue weighted by Crippen LogP contribution is 2.23. The van der Waals surface area contributed by atoms with Crippen molar-refractivity contribution in [3.63, 3.8) is 0 Å². The number of nitriles is 1. The van der Waals surface area contributed by atoms with Crippen molar-refractivity contribution in [3.8, 4) is 11.8 Å². The minimum absolute atomic E-state index is 0.0332. The van der Waals surface area contributed by atoms with Gasteiger partial charge in [0, 0.05) is 33.0 Å². The van der Waals surface area contributed by atoms with Crippen LogP contribution in [0.5, 0.6) is 5.75 Å². The number of hydrogen-bond acceptors (Lipinski definition) is 6. The van der Waals surface area contributed by atoms with E-state index in [9.17, 15) is 4.79 Å². The molecule has 124 valence electrons. The van der Waals surface area contributed by atoms with Crippen LogP contribution in [-0.4, -0.2) is 42.0 Å². The van der Waals surface area contributed by atoms with E-state index >= 15 is 0 Å². The Labute approximate surface area is 144 Å². The van der Waals surface area contributed by atoms with Crippen molar-refractivity contribution in [1.82, 2.24) is 9.88 Å². The maximum atomic E-state index is 12.5. The van der Waals surface area contributed by atoms with E-state index in [0.29, 0.717) is 23.5 Å². The van der Waals surface area contributed by atoms with Crippen LogP contribution >= 0.6 is 11.3 Å². The average molecular weight is 342 g/mol. The molecule has 0 aliphatic carbocycles. The first kappa shape index (κ1) is 16.3. The Balaban J connectivity index is 1.53. The smallest absolute Gasteiger partial charge is 0.265 e. The largest absolute Gasteiger partial charge is 0.490 e. The third kappa shape index (κ3) is 3.66. The summed E-state index contributed by atoms with van der Waals surface area (Å²) in [5.41, 5.74) is 0.619. The molecule has 0 atom stereocenters. The topological polar surface area (TPSA) is 78.2 Å². The van der Waals surface area contributed by atoms with Crippen LogP contribution in [0.4, 0.5) is 5.13 Å². The van der Waals surface area contributed by atoms with Gasteiger partial charge in [-0.25, -0.2) is 4.98 Å². The van der Waals surface area contributed by atoms with Gasteiger partial charge >= 0.3 is 0 Å². The first-order valence-electron chi connectivity index (χ1n) is 7.79. The third-order valence-electron chi connectivity index (χ3n) is 3.95. The number of hydrogen-bond donors (Lipinski definition) is 1. The summed E-state index contributed by atoms with van der Waals surface area (Å²) < 4.78 is 5.94. The maximum absolute atomic E-state index is 12.5. The fourth-order valence-electron chi connectivity index (χ4n) is 2.62. The third-order valence-corrected chi connectivity index (χ3v) is 4.95. The Morgan fingerprint density at radius 1 is 1.38 bits per heavy atom. The molecule has 1 N–H and O–H groups in total. The second kappa shape index (κ2) is 7.32. The highest BCUT2D eigenvalue weighted by molar-refractivity contribution is 7.17. The second-order valence-electron chi connectivity index (χ2n) is 5.53. The Kier molecular flexibility index (Phi) is 4.96. The van der Waals surface area contributed by atoms with Crippen molar-refractivity contribution < 1.29 is 9.53 Å². The number of likely N-dealkylation sites (tertiary alicyclic amines) is 1. The summed E-state index contributed by atoms with van der Waals surface area (Å²) in [6.45, 7) is 1.35. The van der Waals surface area contributed by atoms with E-state index in [4.69, 9.17) is 10.00 Å². The van der Waals surface area contributed by atoms with E-state index in [1.54, 1.807) is 25.4 Å². The zero-order valence-electron chi connectivity index (χ0n) is 13.4. The molecule has 7 heteroatoms. The molecule has 1 amide bonds. The van der Waals surface area contributed by atoms with Gasteiger partial charge in [0.05, 0.1) is 17.8 Å². The molecule has 24 heavy (non-hydrogen) atoms. The van der Waals surface area contributed by atoms with Crippen LogP contribution in [0.15, 0.2) is 30.5 Å². The summed E-state index contributed by atoms with van der Waals surface area (Å²) >= 11 is 1.37. The van der Waals surface area contributed by atoms with E-state index in [1.807, 2.05) is 17.0 Å². The van der Waals surface area contributed by atoms with Gasteiger partial charge < -0.3 is 15.0 Å². The molecule has 2 aromatic rings. The fourth-order valence-corrected chi connectivity index (χ4v) is 3.36. The molecular weight excluding hydrogens is 324 g/mol. The average Bonchev–Trinajstić information content (AvgIpc) is 3.11. The predicted octanol–water partition coefficient (Wildman–Crippen LogP) is 2.74. The number of carbonyl (C=O) groups excluding carboxylic acids is 1. The molecule has 0 saturated carbocycles. The predicted molar refractivity (Wildman–Crippen MR) is 92.4 cm³/mol. The van der Waals surface area contributed by atoms with Crippen LogP contribution in [0.1, 0.15) is 28.1 Å². The molecule has 0 unspecified atom stereocenters. The number of ether oxygens (including phenoxy) is 1. The fraction of sp³-hybridized carbons (Fsp3) is 0.353. The summed E-state index contributed by atoms with van der Waals surface area (Å²) in [5.74, 6) is 0.797. The molecule has 0 radical (unpaired) electrons.